The van der Waals surface area contributed by atoms with E-state index in [0.29, 0.717) is 30.3 Å². The number of unbranched alkanes of at least 4 members (excludes halogenated alkanes) is 2. The van der Waals surface area contributed by atoms with Crippen LogP contribution in [0.2, 0.25) is 0 Å². The molecule has 30 heavy (non-hydrogen) atoms. The Morgan fingerprint density at radius 3 is 2.73 bits per heavy atom. The number of carbonyl (C=O) groups excluding carboxylic acids is 1. The predicted octanol–water partition coefficient (Wildman–Crippen LogP) is 4.20. The van der Waals surface area contributed by atoms with E-state index in [2.05, 4.69) is 28.7 Å². The average molecular weight is 413 g/mol. The number of anilines is 1. The van der Waals surface area contributed by atoms with Gasteiger partial charge in [0.15, 0.2) is 11.5 Å². The number of methoxy groups -OCH3 is 1. The normalized spacial score (nSPS) is 16.5. The number of hydrogen-bond acceptors (Lipinski definition) is 6. The molecule has 0 spiro atoms. The summed E-state index contributed by atoms with van der Waals surface area (Å²) in [5.74, 6) is 2.81. The summed E-state index contributed by atoms with van der Waals surface area (Å²) in [6.45, 7) is 8.45. The molecule has 1 aliphatic rings. The Labute approximate surface area is 179 Å². The summed E-state index contributed by atoms with van der Waals surface area (Å²) < 4.78 is 11.4. The van der Waals surface area contributed by atoms with Gasteiger partial charge in [-0.1, -0.05) is 25.8 Å². The number of rotatable bonds is 8. The highest BCUT2D eigenvalue weighted by Gasteiger charge is 2.28. The van der Waals surface area contributed by atoms with Gasteiger partial charge in [0.25, 0.3) is 0 Å². The maximum atomic E-state index is 12.5. The van der Waals surface area contributed by atoms with E-state index in [4.69, 9.17) is 9.47 Å². The standard InChI is InChI=1S/C23H32N4O3/c1-5-6-7-8-23(28)27-12-11-26(15-18(27)3)21-14-22(25-16-24-21)30-19-10-9-17(2)13-20(19)29-4/h9-10,13-14,16,18H,5-8,11-12,15H2,1-4H3/t18-/m1/s1. The minimum absolute atomic E-state index is 0.143. The van der Waals surface area contributed by atoms with Crippen LogP contribution in [0.15, 0.2) is 30.6 Å². The maximum Gasteiger partial charge on any atom is 0.224 e. The van der Waals surface area contributed by atoms with Crippen LogP contribution in [0.4, 0.5) is 5.82 Å². The monoisotopic (exact) mass is 412 g/mol. The molecule has 3 rings (SSSR count). The molecule has 1 saturated heterocycles. The van der Waals surface area contributed by atoms with Crippen LogP contribution in [0.3, 0.4) is 0 Å². The molecule has 0 aliphatic carbocycles. The Hall–Kier alpha value is -2.83. The van der Waals surface area contributed by atoms with Crippen molar-refractivity contribution in [3.05, 3.63) is 36.2 Å². The fourth-order valence-electron chi connectivity index (χ4n) is 3.74. The smallest absolute Gasteiger partial charge is 0.224 e. The molecule has 0 saturated carbocycles. The lowest BCUT2D eigenvalue weighted by Crippen LogP contribution is -2.54. The van der Waals surface area contributed by atoms with Gasteiger partial charge in [-0.3, -0.25) is 4.79 Å². The highest BCUT2D eigenvalue weighted by molar-refractivity contribution is 5.76. The van der Waals surface area contributed by atoms with Crippen LogP contribution in [0, 0.1) is 6.92 Å². The van der Waals surface area contributed by atoms with Crippen LogP contribution in [0.1, 0.15) is 45.1 Å². The first kappa shape index (κ1) is 21.9. The summed E-state index contributed by atoms with van der Waals surface area (Å²) in [7, 11) is 1.62. The first-order valence-electron chi connectivity index (χ1n) is 10.7. The quantitative estimate of drug-likeness (QED) is 0.605. The van der Waals surface area contributed by atoms with E-state index in [-0.39, 0.29) is 11.9 Å². The van der Waals surface area contributed by atoms with Crippen molar-refractivity contribution >= 4 is 11.7 Å². The van der Waals surface area contributed by atoms with Crippen LogP contribution in [-0.2, 0) is 4.79 Å². The molecule has 0 N–H and O–H groups in total. The second kappa shape index (κ2) is 10.3. The number of aryl methyl sites for hydroxylation is 1. The van der Waals surface area contributed by atoms with Gasteiger partial charge in [-0.25, -0.2) is 9.97 Å². The topological polar surface area (TPSA) is 67.8 Å². The summed E-state index contributed by atoms with van der Waals surface area (Å²) in [5, 5.41) is 0. The minimum atomic E-state index is 0.143. The van der Waals surface area contributed by atoms with E-state index < -0.39 is 0 Å². The predicted molar refractivity (Wildman–Crippen MR) is 117 cm³/mol. The second-order valence-corrected chi connectivity index (χ2v) is 7.81. The zero-order chi connectivity index (χ0) is 21.5. The molecule has 1 fully saturated rings. The fraction of sp³-hybridized carbons (Fsp3) is 0.522. The molecule has 2 heterocycles. The Balaban J connectivity index is 1.65. The van der Waals surface area contributed by atoms with Crippen molar-refractivity contribution in [1.82, 2.24) is 14.9 Å². The van der Waals surface area contributed by atoms with Crippen molar-refractivity contribution in [2.75, 3.05) is 31.6 Å². The summed E-state index contributed by atoms with van der Waals surface area (Å²) in [6.07, 6.45) is 5.36. The highest BCUT2D eigenvalue weighted by atomic mass is 16.5. The van der Waals surface area contributed by atoms with Gasteiger partial charge in [0, 0.05) is 38.2 Å². The molecule has 0 unspecified atom stereocenters. The summed E-state index contributed by atoms with van der Waals surface area (Å²) in [5.41, 5.74) is 1.10. The van der Waals surface area contributed by atoms with Crippen molar-refractivity contribution in [3.8, 4) is 17.4 Å². The Morgan fingerprint density at radius 2 is 2.00 bits per heavy atom. The molecule has 0 bridgehead atoms. The van der Waals surface area contributed by atoms with Gasteiger partial charge in [-0.05, 0) is 38.0 Å². The molecule has 7 heteroatoms. The molecule has 7 nitrogen and oxygen atoms in total. The average Bonchev–Trinajstić information content (AvgIpc) is 2.75. The molecule has 1 amide bonds. The van der Waals surface area contributed by atoms with Gasteiger partial charge in [-0.15, -0.1) is 0 Å². The van der Waals surface area contributed by atoms with Gasteiger partial charge in [0.1, 0.15) is 12.1 Å². The molecule has 1 aliphatic heterocycles. The van der Waals surface area contributed by atoms with Gasteiger partial charge in [0.2, 0.25) is 11.8 Å². The van der Waals surface area contributed by atoms with Crippen molar-refractivity contribution in [1.29, 1.82) is 0 Å². The largest absolute Gasteiger partial charge is 0.493 e. The number of benzene rings is 1. The Bertz CT molecular complexity index is 858. The third kappa shape index (κ3) is 5.40. The van der Waals surface area contributed by atoms with E-state index in [9.17, 15) is 4.79 Å². The van der Waals surface area contributed by atoms with Gasteiger partial charge in [0.05, 0.1) is 7.11 Å². The third-order valence-corrected chi connectivity index (χ3v) is 5.43. The molecule has 2 aromatic rings. The SMILES string of the molecule is CCCCCC(=O)N1CCN(c2cc(Oc3ccc(C)cc3OC)ncn2)C[C@H]1C. The van der Waals surface area contributed by atoms with Crippen LogP contribution in [-0.4, -0.2) is 53.6 Å². The van der Waals surface area contributed by atoms with Gasteiger partial charge < -0.3 is 19.3 Å². The van der Waals surface area contributed by atoms with E-state index in [1.807, 2.05) is 36.1 Å². The van der Waals surface area contributed by atoms with Crippen LogP contribution in [0.25, 0.3) is 0 Å². The lowest BCUT2D eigenvalue weighted by molar-refractivity contribution is -0.133. The summed E-state index contributed by atoms with van der Waals surface area (Å²) in [6, 6.07) is 7.75. The van der Waals surface area contributed by atoms with Gasteiger partial charge in [-0.2, -0.15) is 0 Å². The zero-order valence-electron chi connectivity index (χ0n) is 18.4. The van der Waals surface area contributed by atoms with E-state index in [0.717, 1.165) is 43.7 Å². The molecule has 1 atom stereocenters. The molecule has 1 aromatic heterocycles. The minimum Gasteiger partial charge on any atom is -0.493 e. The van der Waals surface area contributed by atoms with Crippen molar-refractivity contribution in [2.45, 2.75) is 52.5 Å². The van der Waals surface area contributed by atoms with E-state index in [1.54, 1.807) is 7.11 Å². The lowest BCUT2D eigenvalue weighted by Gasteiger charge is -2.40. The molecule has 162 valence electrons. The number of amides is 1. The number of hydrogen-bond donors (Lipinski definition) is 0. The van der Waals surface area contributed by atoms with Crippen molar-refractivity contribution < 1.29 is 14.3 Å². The van der Waals surface area contributed by atoms with Gasteiger partial charge >= 0.3 is 0 Å². The maximum absolute atomic E-state index is 12.5. The number of piperazine rings is 1. The zero-order valence-corrected chi connectivity index (χ0v) is 18.4. The molecule has 1 aromatic carbocycles. The lowest BCUT2D eigenvalue weighted by atomic mass is 10.1. The number of nitrogens with zero attached hydrogens (tertiary/aromatic N) is 4. The highest BCUT2D eigenvalue weighted by Crippen LogP contribution is 2.32. The summed E-state index contributed by atoms with van der Waals surface area (Å²) >= 11 is 0. The third-order valence-electron chi connectivity index (χ3n) is 5.43. The summed E-state index contributed by atoms with van der Waals surface area (Å²) in [4.78, 5) is 25.4. The first-order chi connectivity index (χ1) is 14.5. The number of ether oxygens (including phenoxy) is 2. The van der Waals surface area contributed by atoms with Crippen molar-refractivity contribution in [2.24, 2.45) is 0 Å². The van der Waals surface area contributed by atoms with Crippen LogP contribution >= 0.6 is 0 Å². The first-order valence-corrected chi connectivity index (χ1v) is 10.7. The van der Waals surface area contributed by atoms with E-state index >= 15 is 0 Å². The van der Waals surface area contributed by atoms with Crippen LogP contribution < -0.4 is 14.4 Å². The van der Waals surface area contributed by atoms with E-state index in [1.165, 1.54) is 6.33 Å². The Kier molecular flexibility index (Phi) is 7.49. The molecular weight excluding hydrogens is 380 g/mol. The molecular formula is C23H32N4O3. The Morgan fingerprint density at radius 1 is 1.17 bits per heavy atom. The van der Waals surface area contributed by atoms with Crippen molar-refractivity contribution in [3.63, 3.8) is 0 Å². The second-order valence-electron chi connectivity index (χ2n) is 7.81. The number of carbonyl (C=O) groups is 1. The fourth-order valence-corrected chi connectivity index (χ4v) is 3.74. The van der Waals surface area contributed by atoms with Crippen LogP contribution in [0.5, 0.6) is 17.4 Å². The number of aromatic nitrogens is 2. The molecule has 0 radical (unpaired) electrons.